The van der Waals surface area contributed by atoms with Gasteiger partial charge in [0.25, 0.3) is 0 Å². The van der Waals surface area contributed by atoms with E-state index in [9.17, 15) is 24.6 Å². The third-order valence-corrected chi connectivity index (χ3v) is 10.0. The summed E-state index contributed by atoms with van der Waals surface area (Å²) in [6.07, 6.45) is 1.29. The maximum Gasteiger partial charge on any atom is 0.306 e. The number of ether oxygens (including phenoxy) is 1. The second-order valence-electron chi connectivity index (χ2n) is 10.2. The molecule has 6 nitrogen and oxygen atoms in total. The maximum atomic E-state index is 13.4. The van der Waals surface area contributed by atoms with E-state index in [1.807, 2.05) is 6.92 Å². The zero-order valence-electron chi connectivity index (χ0n) is 23.5. The van der Waals surface area contributed by atoms with Gasteiger partial charge in [0.2, 0.25) is 5.78 Å². The first kappa shape index (κ1) is 17.9. The lowest BCUT2D eigenvalue weighted by atomic mass is 9.45. The van der Waals surface area contributed by atoms with Crippen LogP contribution in [-0.2, 0) is 19.1 Å². The van der Waals surface area contributed by atoms with E-state index in [1.54, 1.807) is 26.0 Å². The summed E-state index contributed by atoms with van der Waals surface area (Å²) in [5.41, 5.74) is -3.38. The highest BCUT2D eigenvalue weighted by Gasteiger charge is 2.76. The lowest BCUT2D eigenvalue weighted by Gasteiger charge is -2.64. The monoisotopic (exact) mass is 469 g/mol. The summed E-state index contributed by atoms with van der Waals surface area (Å²) in [6.45, 7) is 0.826. The highest BCUT2D eigenvalue weighted by Crippen LogP contribution is 2.72. The minimum Gasteiger partial charge on any atom is -0.450 e. The summed E-state index contributed by atoms with van der Waals surface area (Å²) in [4.78, 5) is 37.3. The number of carbonyl (C=O) groups excluding carboxylic acids is 3. The summed E-state index contributed by atoms with van der Waals surface area (Å²) < 4.78 is 43.8. The normalized spacial score (nSPS) is 50.4. The van der Waals surface area contributed by atoms with E-state index in [0.717, 1.165) is 5.57 Å². The molecule has 8 atom stereocenters. The van der Waals surface area contributed by atoms with Crippen LogP contribution in [-0.4, -0.2) is 50.9 Å². The predicted molar refractivity (Wildman–Crippen MR) is 119 cm³/mol. The van der Waals surface area contributed by atoms with Gasteiger partial charge in [-0.1, -0.05) is 39.3 Å². The summed E-state index contributed by atoms with van der Waals surface area (Å²) in [7, 11) is 0. The number of aliphatic hydroxyl groups is 2. The molecule has 32 heavy (non-hydrogen) atoms. The number of alkyl halides is 1. The first-order valence-corrected chi connectivity index (χ1v) is 11.4. The molecule has 4 aliphatic rings. The summed E-state index contributed by atoms with van der Waals surface area (Å²) in [5.74, 6) is -4.25. The van der Waals surface area contributed by atoms with Crippen LogP contribution in [0.3, 0.4) is 0 Å². The topological polar surface area (TPSA) is 101 Å². The highest BCUT2D eigenvalue weighted by molar-refractivity contribution is 6.26. The smallest absolute Gasteiger partial charge is 0.306 e. The van der Waals surface area contributed by atoms with Crippen LogP contribution < -0.4 is 0 Å². The molecule has 4 aliphatic carbocycles. The van der Waals surface area contributed by atoms with E-state index in [2.05, 4.69) is 0 Å². The fourth-order valence-electron chi connectivity index (χ4n) is 7.69. The lowest BCUT2D eigenvalue weighted by molar-refractivity contribution is -0.202. The zero-order chi connectivity index (χ0) is 28.0. The summed E-state index contributed by atoms with van der Waals surface area (Å²) in [5, 5.41) is 21.6. The van der Waals surface area contributed by atoms with Crippen molar-refractivity contribution in [3.05, 3.63) is 23.8 Å². The molecule has 3 saturated carbocycles. The number of halogens is 1. The number of hydrogen-bond donors (Lipinski definition) is 2. The van der Waals surface area contributed by atoms with Gasteiger partial charge in [-0.25, -0.2) is 0 Å². The van der Waals surface area contributed by atoms with Crippen molar-refractivity contribution in [1.82, 2.24) is 0 Å². The average molecular weight is 470 g/mol. The number of aliphatic hydroxyl groups excluding tert-OH is 2. The van der Waals surface area contributed by atoms with E-state index in [0.29, 0.717) is 19.3 Å². The Balaban J connectivity index is 1.84. The van der Waals surface area contributed by atoms with Gasteiger partial charge in [-0.15, -0.1) is 11.6 Å². The molecule has 0 heterocycles. The molecule has 176 valence electrons. The molecule has 0 spiro atoms. The standard InChI is InChI=1S/C25H33ClO6/c1-5-21(31)32-25(20(30)13-27)14(2)10-18-17-7-6-15-11-16(28)8-9-22(15,3)24(17,26)19(29)12-23(18,25)4/h8-9,11,14,17-19,27,29H,5-7,10,12-13H2,1-4H3/t14?,17?,18?,19?,22-,23-,24-,25-/m0/s1/i1D3,5D2. The van der Waals surface area contributed by atoms with Crippen molar-refractivity contribution in [3.8, 4) is 0 Å². The van der Waals surface area contributed by atoms with Crippen molar-refractivity contribution < 1.29 is 36.2 Å². The second-order valence-corrected chi connectivity index (χ2v) is 10.9. The van der Waals surface area contributed by atoms with Crippen LogP contribution in [0.25, 0.3) is 0 Å². The number of carbonyl (C=O) groups is 3. The molecule has 2 N–H and O–H groups in total. The fraction of sp³-hybridized carbons (Fsp3) is 0.720. The molecule has 0 aromatic carbocycles. The molecule has 0 aromatic rings. The SMILES string of the molecule is [2H]C([2H])([2H])C([2H])([2H])C(=O)O[C@]1(C(=O)CO)C(C)CC2C3CCC4=CC(=O)C=C[C@]4(C)[C@@]3(Cl)C(O)C[C@@]21C. The Morgan fingerprint density at radius 3 is 2.75 bits per heavy atom. The molecule has 7 heteroatoms. The van der Waals surface area contributed by atoms with Gasteiger partial charge in [0.1, 0.15) is 6.61 Å². The Morgan fingerprint density at radius 2 is 2.09 bits per heavy atom. The maximum absolute atomic E-state index is 13.4. The van der Waals surface area contributed by atoms with Crippen LogP contribution in [0.5, 0.6) is 0 Å². The van der Waals surface area contributed by atoms with Gasteiger partial charge in [-0.05, 0) is 49.7 Å². The van der Waals surface area contributed by atoms with Crippen LogP contribution in [0, 0.1) is 28.6 Å². The number of Topliss-reactive ketones (excluding diaryl/α,β-unsaturated/α-hetero) is 1. The van der Waals surface area contributed by atoms with Gasteiger partial charge in [0, 0.05) is 30.0 Å². The van der Waals surface area contributed by atoms with Crippen LogP contribution in [0.2, 0.25) is 0 Å². The zero-order valence-corrected chi connectivity index (χ0v) is 19.2. The molecule has 0 aliphatic heterocycles. The van der Waals surface area contributed by atoms with Crippen LogP contribution in [0.15, 0.2) is 23.8 Å². The molecule has 3 fully saturated rings. The largest absolute Gasteiger partial charge is 0.450 e. The fourth-order valence-corrected chi connectivity index (χ4v) is 8.21. The minimum atomic E-state index is -3.40. The predicted octanol–water partition coefficient (Wildman–Crippen LogP) is 3.13. The van der Waals surface area contributed by atoms with E-state index in [4.69, 9.17) is 23.2 Å². The molecule has 0 saturated heterocycles. The summed E-state index contributed by atoms with van der Waals surface area (Å²) >= 11 is 7.38. The Morgan fingerprint density at radius 1 is 1.38 bits per heavy atom. The Labute approximate surface area is 201 Å². The van der Waals surface area contributed by atoms with Gasteiger partial charge in [-0.3, -0.25) is 14.4 Å². The van der Waals surface area contributed by atoms with Crippen LogP contribution in [0.4, 0.5) is 0 Å². The van der Waals surface area contributed by atoms with E-state index in [-0.39, 0.29) is 12.2 Å². The number of esters is 1. The van der Waals surface area contributed by atoms with E-state index in [1.165, 1.54) is 6.08 Å². The van der Waals surface area contributed by atoms with Crippen molar-refractivity contribution in [2.45, 2.75) is 76.3 Å². The third-order valence-electron chi connectivity index (χ3n) is 9.09. The van der Waals surface area contributed by atoms with Crippen molar-refractivity contribution in [1.29, 1.82) is 0 Å². The second kappa shape index (κ2) is 7.51. The molecule has 0 aromatic heterocycles. The summed E-state index contributed by atoms with van der Waals surface area (Å²) in [6, 6.07) is 0. The van der Waals surface area contributed by atoms with Gasteiger partial charge >= 0.3 is 5.97 Å². The Hall–Kier alpha value is -1.50. The third kappa shape index (κ3) is 2.69. The highest BCUT2D eigenvalue weighted by atomic mass is 35.5. The molecule has 0 radical (unpaired) electrons. The van der Waals surface area contributed by atoms with Gasteiger partial charge in [0.15, 0.2) is 11.4 Å². The quantitative estimate of drug-likeness (QED) is 0.484. The molecular formula is C25H33ClO6. The van der Waals surface area contributed by atoms with Crippen molar-refractivity contribution in [2.75, 3.05) is 6.61 Å². The molecule has 0 amide bonds. The molecular weight excluding hydrogens is 432 g/mol. The lowest BCUT2D eigenvalue weighted by Crippen LogP contribution is -2.69. The van der Waals surface area contributed by atoms with Crippen molar-refractivity contribution >= 4 is 29.1 Å². The van der Waals surface area contributed by atoms with E-state index >= 15 is 0 Å². The number of allylic oxidation sites excluding steroid dienone is 4. The first-order valence-electron chi connectivity index (χ1n) is 13.5. The minimum absolute atomic E-state index is 0.123. The number of hydrogen-bond acceptors (Lipinski definition) is 6. The van der Waals surface area contributed by atoms with E-state index < -0.39 is 76.7 Å². The van der Waals surface area contributed by atoms with Crippen LogP contribution >= 0.6 is 11.6 Å². The van der Waals surface area contributed by atoms with Gasteiger partial charge < -0.3 is 14.9 Å². The van der Waals surface area contributed by atoms with Crippen LogP contribution in [0.1, 0.15) is 66.5 Å². The first-order chi connectivity index (χ1) is 16.8. The molecule has 0 bridgehead atoms. The molecule has 4 unspecified atom stereocenters. The Kier molecular flexibility index (Phi) is 4.20. The molecule has 4 rings (SSSR count). The number of rotatable bonds is 4. The van der Waals surface area contributed by atoms with Gasteiger partial charge in [0.05, 0.1) is 11.0 Å². The van der Waals surface area contributed by atoms with Crippen molar-refractivity contribution in [3.63, 3.8) is 0 Å². The number of ketones is 2. The average Bonchev–Trinajstić information content (AvgIpc) is 3.01. The van der Waals surface area contributed by atoms with Crippen molar-refractivity contribution in [2.24, 2.45) is 28.6 Å². The van der Waals surface area contributed by atoms with Gasteiger partial charge in [-0.2, -0.15) is 0 Å². The number of fused-ring (bicyclic) bond motifs is 5. The Bertz CT molecular complexity index is 1100.